The van der Waals surface area contributed by atoms with Crippen molar-refractivity contribution in [3.63, 3.8) is 0 Å². The fourth-order valence-corrected chi connectivity index (χ4v) is 5.29. The van der Waals surface area contributed by atoms with E-state index in [1.165, 1.54) is 141 Å². The van der Waals surface area contributed by atoms with Crippen molar-refractivity contribution in [1.82, 2.24) is 5.32 Å². The normalized spacial score (nSPS) is 13.2. The summed E-state index contributed by atoms with van der Waals surface area (Å²) in [6.07, 6.45) is 37.1. The lowest BCUT2D eigenvalue weighted by molar-refractivity contribution is -0.123. The molecule has 4 heteroatoms. The van der Waals surface area contributed by atoms with Crippen LogP contribution in [0.1, 0.15) is 187 Å². The first kappa shape index (κ1) is 38.1. The lowest BCUT2D eigenvalue weighted by Gasteiger charge is -2.20. The minimum Gasteiger partial charge on any atom is -0.394 e. The standard InChI is InChI=1S/C35H69NO3/c1-3-5-7-9-11-13-15-17-19-21-23-25-27-29-31-35(39)36-33(32-37)34(38)30-28-26-24-22-20-18-16-14-12-10-8-6-4-2/h28,30,33-34,37-38H,3-27,29,31-32H2,1-2H3,(H,36,39)/b30-28+/t33-,34-/m0/s1. The number of aliphatic hydroxyl groups excluding tert-OH is 2. The van der Waals surface area contributed by atoms with Crippen LogP contribution >= 0.6 is 0 Å². The Morgan fingerprint density at radius 2 is 0.949 bits per heavy atom. The van der Waals surface area contributed by atoms with Crippen LogP contribution < -0.4 is 5.32 Å². The number of hydrogen-bond donors (Lipinski definition) is 3. The number of rotatable bonds is 31. The highest BCUT2D eigenvalue weighted by atomic mass is 16.3. The quantitative estimate of drug-likeness (QED) is 0.0593. The first-order chi connectivity index (χ1) is 19.2. The number of carbonyl (C=O) groups excluding carboxylic acids is 1. The van der Waals surface area contributed by atoms with Crippen LogP contribution in [0.4, 0.5) is 0 Å². The molecule has 0 spiro atoms. The summed E-state index contributed by atoms with van der Waals surface area (Å²) in [5, 5.41) is 22.8. The first-order valence-electron chi connectivity index (χ1n) is 17.4. The number of hydrogen-bond acceptors (Lipinski definition) is 3. The summed E-state index contributed by atoms with van der Waals surface area (Å²) in [5.41, 5.74) is 0. The molecule has 0 unspecified atom stereocenters. The average molecular weight is 552 g/mol. The molecule has 0 saturated heterocycles. The smallest absolute Gasteiger partial charge is 0.220 e. The second-order valence-corrected chi connectivity index (χ2v) is 11.9. The minimum atomic E-state index is -0.831. The van der Waals surface area contributed by atoms with Crippen molar-refractivity contribution in [2.75, 3.05) is 6.61 Å². The average Bonchev–Trinajstić information content (AvgIpc) is 2.94. The Kier molecular flexibility index (Phi) is 30.9. The number of carbonyl (C=O) groups is 1. The van der Waals surface area contributed by atoms with Gasteiger partial charge in [-0.05, 0) is 19.3 Å². The molecule has 0 bridgehead atoms. The molecule has 0 aliphatic rings. The van der Waals surface area contributed by atoms with Gasteiger partial charge >= 0.3 is 0 Å². The Balaban J connectivity index is 3.62. The van der Waals surface area contributed by atoms with E-state index in [-0.39, 0.29) is 12.5 Å². The predicted octanol–water partition coefficient (Wildman–Crippen LogP) is 9.95. The Hall–Kier alpha value is -0.870. The van der Waals surface area contributed by atoms with Gasteiger partial charge in [0.2, 0.25) is 5.91 Å². The Morgan fingerprint density at radius 1 is 0.590 bits per heavy atom. The molecule has 2 atom stereocenters. The van der Waals surface area contributed by atoms with Crippen LogP contribution in [0, 0.1) is 0 Å². The molecule has 0 fully saturated rings. The topological polar surface area (TPSA) is 69.6 Å². The molecule has 0 aliphatic carbocycles. The summed E-state index contributed by atoms with van der Waals surface area (Å²) in [6.45, 7) is 4.29. The first-order valence-corrected chi connectivity index (χ1v) is 17.4. The SMILES string of the molecule is CCCCCCCCCCCCC/C=C/[C@H](O)[C@H](CO)NC(=O)CCCCCCCCCCCCCCCC. The molecular formula is C35H69NO3. The highest BCUT2D eigenvalue weighted by molar-refractivity contribution is 5.76. The largest absolute Gasteiger partial charge is 0.394 e. The van der Waals surface area contributed by atoms with E-state index < -0.39 is 12.1 Å². The van der Waals surface area contributed by atoms with Gasteiger partial charge in [0, 0.05) is 6.42 Å². The molecule has 4 nitrogen and oxygen atoms in total. The molecule has 0 aromatic heterocycles. The van der Waals surface area contributed by atoms with Gasteiger partial charge in [-0.25, -0.2) is 0 Å². The molecule has 232 valence electrons. The van der Waals surface area contributed by atoms with E-state index in [0.717, 1.165) is 25.7 Å². The van der Waals surface area contributed by atoms with Crippen molar-refractivity contribution < 1.29 is 15.0 Å². The second-order valence-electron chi connectivity index (χ2n) is 11.9. The molecule has 0 aromatic rings. The van der Waals surface area contributed by atoms with Crippen molar-refractivity contribution >= 4 is 5.91 Å². The Bertz CT molecular complexity index is 522. The minimum absolute atomic E-state index is 0.0641. The molecule has 0 radical (unpaired) electrons. The van der Waals surface area contributed by atoms with E-state index in [0.29, 0.717) is 6.42 Å². The fourth-order valence-electron chi connectivity index (χ4n) is 5.29. The number of aliphatic hydroxyl groups is 2. The van der Waals surface area contributed by atoms with Gasteiger partial charge in [-0.15, -0.1) is 0 Å². The van der Waals surface area contributed by atoms with Crippen LogP contribution in [-0.4, -0.2) is 34.9 Å². The number of nitrogens with one attached hydrogen (secondary N) is 1. The molecule has 0 saturated carbocycles. The number of unbranched alkanes of at least 4 members (excludes halogenated alkanes) is 24. The Morgan fingerprint density at radius 3 is 1.33 bits per heavy atom. The maximum atomic E-state index is 12.3. The van der Waals surface area contributed by atoms with Gasteiger partial charge in [0.05, 0.1) is 18.8 Å². The van der Waals surface area contributed by atoms with Crippen LogP contribution in [-0.2, 0) is 4.79 Å². The zero-order valence-electron chi connectivity index (χ0n) is 26.4. The predicted molar refractivity (Wildman–Crippen MR) is 170 cm³/mol. The fraction of sp³-hybridized carbons (Fsp3) is 0.914. The number of allylic oxidation sites excluding steroid dienone is 1. The van der Waals surface area contributed by atoms with Gasteiger partial charge in [-0.3, -0.25) is 4.79 Å². The van der Waals surface area contributed by atoms with Crippen molar-refractivity contribution in [2.24, 2.45) is 0 Å². The van der Waals surface area contributed by atoms with Crippen LogP contribution in [0.2, 0.25) is 0 Å². The van der Waals surface area contributed by atoms with Crippen LogP contribution in [0.25, 0.3) is 0 Å². The molecular weight excluding hydrogens is 482 g/mol. The van der Waals surface area contributed by atoms with E-state index in [4.69, 9.17) is 0 Å². The van der Waals surface area contributed by atoms with Crippen molar-refractivity contribution in [3.8, 4) is 0 Å². The van der Waals surface area contributed by atoms with Crippen molar-refractivity contribution in [2.45, 2.75) is 199 Å². The molecule has 0 heterocycles. The van der Waals surface area contributed by atoms with E-state index in [1.54, 1.807) is 6.08 Å². The molecule has 0 rings (SSSR count). The van der Waals surface area contributed by atoms with Gasteiger partial charge in [-0.1, -0.05) is 174 Å². The zero-order valence-corrected chi connectivity index (χ0v) is 26.4. The summed E-state index contributed by atoms with van der Waals surface area (Å²) < 4.78 is 0. The van der Waals surface area contributed by atoms with Gasteiger partial charge in [0.15, 0.2) is 0 Å². The molecule has 39 heavy (non-hydrogen) atoms. The highest BCUT2D eigenvalue weighted by Gasteiger charge is 2.17. The Labute approximate surface area is 244 Å². The van der Waals surface area contributed by atoms with Gasteiger partial charge < -0.3 is 15.5 Å². The maximum absolute atomic E-state index is 12.3. The van der Waals surface area contributed by atoms with Crippen molar-refractivity contribution in [3.05, 3.63) is 12.2 Å². The maximum Gasteiger partial charge on any atom is 0.220 e. The summed E-state index contributed by atoms with van der Waals surface area (Å²) in [5.74, 6) is -0.0641. The van der Waals surface area contributed by atoms with E-state index in [1.807, 2.05) is 6.08 Å². The van der Waals surface area contributed by atoms with Gasteiger partial charge in [0.1, 0.15) is 0 Å². The van der Waals surface area contributed by atoms with E-state index >= 15 is 0 Å². The lowest BCUT2D eigenvalue weighted by atomic mass is 10.0. The van der Waals surface area contributed by atoms with Crippen molar-refractivity contribution in [1.29, 1.82) is 0 Å². The lowest BCUT2D eigenvalue weighted by Crippen LogP contribution is -2.45. The summed E-state index contributed by atoms with van der Waals surface area (Å²) >= 11 is 0. The van der Waals surface area contributed by atoms with Gasteiger partial charge in [-0.2, -0.15) is 0 Å². The summed E-state index contributed by atoms with van der Waals surface area (Å²) in [6, 6.07) is -0.613. The van der Waals surface area contributed by atoms with Crippen LogP contribution in [0.5, 0.6) is 0 Å². The van der Waals surface area contributed by atoms with E-state index in [9.17, 15) is 15.0 Å². The summed E-state index contributed by atoms with van der Waals surface area (Å²) in [4.78, 5) is 12.3. The van der Waals surface area contributed by atoms with E-state index in [2.05, 4.69) is 19.2 Å². The van der Waals surface area contributed by atoms with Crippen LogP contribution in [0.15, 0.2) is 12.2 Å². The molecule has 0 aliphatic heterocycles. The summed E-state index contributed by atoms with van der Waals surface area (Å²) in [7, 11) is 0. The zero-order chi connectivity index (χ0) is 28.7. The highest BCUT2D eigenvalue weighted by Crippen LogP contribution is 2.14. The number of amides is 1. The third-order valence-electron chi connectivity index (χ3n) is 8.02. The third kappa shape index (κ3) is 28.5. The molecule has 1 amide bonds. The monoisotopic (exact) mass is 552 g/mol. The van der Waals surface area contributed by atoms with Crippen LogP contribution in [0.3, 0.4) is 0 Å². The third-order valence-corrected chi connectivity index (χ3v) is 8.02. The second kappa shape index (κ2) is 31.7. The molecule has 0 aromatic carbocycles. The molecule has 3 N–H and O–H groups in total. The van der Waals surface area contributed by atoms with Gasteiger partial charge in [0.25, 0.3) is 0 Å².